The Balaban J connectivity index is 1.49. The van der Waals surface area contributed by atoms with Crippen LogP contribution in [0, 0.1) is 11.8 Å². The van der Waals surface area contributed by atoms with E-state index in [-0.39, 0.29) is 5.92 Å². The van der Waals surface area contributed by atoms with Gasteiger partial charge in [-0.05, 0) is 50.0 Å². The van der Waals surface area contributed by atoms with Crippen LogP contribution in [0.25, 0.3) is 0 Å². The number of rotatable bonds is 4. The molecular weight excluding hydrogens is 274 g/mol. The molecule has 2 fully saturated rings. The van der Waals surface area contributed by atoms with E-state index < -0.39 is 0 Å². The predicted molar refractivity (Wildman–Crippen MR) is 87.6 cm³/mol. The van der Waals surface area contributed by atoms with Gasteiger partial charge in [-0.3, -0.25) is 4.79 Å². The van der Waals surface area contributed by atoms with Gasteiger partial charge in [0.2, 0.25) is 5.91 Å². The van der Waals surface area contributed by atoms with Crippen molar-refractivity contribution in [3.8, 4) is 0 Å². The van der Waals surface area contributed by atoms with Gasteiger partial charge >= 0.3 is 0 Å². The molecule has 0 N–H and O–H groups in total. The van der Waals surface area contributed by atoms with Crippen LogP contribution in [0.1, 0.15) is 37.7 Å². The molecule has 0 aliphatic carbocycles. The van der Waals surface area contributed by atoms with E-state index in [0.717, 1.165) is 52.0 Å². The molecule has 3 rings (SSSR count). The molecule has 1 amide bonds. The van der Waals surface area contributed by atoms with Crippen molar-refractivity contribution in [2.75, 3.05) is 26.3 Å². The molecule has 2 saturated heterocycles. The van der Waals surface area contributed by atoms with Crippen LogP contribution in [-0.4, -0.2) is 37.1 Å². The van der Waals surface area contributed by atoms with Crippen LogP contribution in [0.3, 0.4) is 0 Å². The number of hydrogen-bond acceptors (Lipinski definition) is 2. The molecule has 2 aliphatic heterocycles. The van der Waals surface area contributed by atoms with Crippen molar-refractivity contribution in [2.45, 2.75) is 38.5 Å². The van der Waals surface area contributed by atoms with Gasteiger partial charge in [-0.25, -0.2) is 0 Å². The van der Waals surface area contributed by atoms with E-state index in [1.54, 1.807) is 0 Å². The van der Waals surface area contributed by atoms with Crippen LogP contribution in [0.4, 0.5) is 0 Å². The van der Waals surface area contributed by atoms with E-state index in [1.807, 2.05) is 0 Å². The second kappa shape index (κ2) is 7.77. The molecule has 120 valence electrons. The van der Waals surface area contributed by atoms with Gasteiger partial charge in [0.1, 0.15) is 0 Å². The first kappa shape index (κ1) is 15.5. The summed E-state index contributed by atoms with van der Waals surface area (Å²) in [7, 11) is 0. The Morgan fingerprint density at radius 2 is 1.91 bits per heavy atom. The van der Waals surface area contributed by atoms with Crippen LogP contribution in [0.5, 0.6) is 0 Å². The first-order chi connectivity index (χ1) is 10.8. The summed E-state index contributed by atoms with van der Waals surface area (Å²) in [5, 5.41) is 0. The minimum atomic E-state index is 0.210. The molecule has 0 bridgehead atoms. The number of likely N-dealkylation sites (tertiary alicyclic amines) is 1. The van der Waals surface area contributed by atoms with Gasteiger partial charge in [-0.1, -0.05) is 30.3 Å². The van der Waals surface area contributed by atoms with Crippen LogP contribution < -0.4 is 0 Å². The quantitative estimate of drug-likeness (QED) is 0.854. The first-order valence-electron chi connectivity index (χ1n) is 8.73. The second-order valence-electron chi connectivity index (χ2n) is 6.70. The summed E-state index contributed by atoms with van der Waals surface area (Å²) in [6, 6.07) is 10.7. The van der Waals surface area contributed by atoms with Gasteiger partial charge < -0.3 is 9.64 Å². The molecular formula is C19H27NO2. The molecule has 3 nitrogen and oxygen atoms in total. The van der Waals surface area contributed by atoms with Crippen molar-refractivity contribution >= 4 is 5.91 Å². The average molecular weight is 301 g/mol. The van der Waals surface area contributed by atoms with E-state index in [1.165, 1.54) is 18.4 Å². The maximum atomic E-state index is 12.6. The average Bonchev–Trinajstić information content (AvgIpc) is 2.61. The zero-order valence-corrected chi connectivity index (χ0v) is 13.4. The number of carbonyl (C=O) groups is 1. The molecule has 0 saturated carbocycles. The Morgan fingerprint density at radius 3 is 2.68 bits per heavy atom. The number of amides is 1. The summed E-state index contributed by atoms with van der Waals surface area (Å²) in [6.45, 7) is 3.42. The van der Waals surface area contributed by atoms with Crippen LogP contribution in [-0.2, 0) is 16.0 Å². The topological polar surface area (TPSA) is 29.5 Å². The molecule has 1 aromatic carbocycles. The van der Waals surface area contributed by atoms with Gasteiger partial charge in [0, 0.05) is 32.2 Å². The van der Waals surface area contributed by atoms with Gasteiger partial charge in [-0.2, -0.15) is 0 Å². The van der Waals surface area contributed by atoms with E-state index in [0.29, 0.717) is 11.8 Å². The molecule has 0 radical (unpaired) electrons. The fourth-order valence-electron chi connectivity index (χ4n) is 3.72. The van der Waals surface area contributed by atoms with Crippen molar-refractivity contribution in [1.82, 2.24) is 4.90 Å². The van der Waals surface area contributed by atoms with E-state index in [2.05, 4.69) is 35.2 Å². The number of piperidine rings is 1. The number of carbonyl (C=O) groups excluding carboxylic acids is 1. The van der Waals surface area contributed by atoms with Crippen molar-refractivity contribution in [3.05, 3.63) is 35.9 Å². The van der Waals surface area contributed by atoms with Gasteiger partial charge in [0.15, 0.2) is 0 Å². The molecule has 2 aliphatic rings. The highest BCUT2D eigenvalue weighted by Gasteiger charge is 2.29. The Bertz CT molecular complexity index is 468. The van der Waals surface area contributed by atoms with E-state index in [9.17, 15) is 4.79 Å². The first-order valence-corrected chi connectivity index (χ1v) is 8.73. The Kier molecular flexibility index (Phi) is 5.49. The fraction of sp³-hybridized carbons (Fsp3) is 0.632. The molecule has 22 heavy (non-hydrogen) atoms. The summed E-state index contributed by atoms with van der Waals surface area (Å²) in [5.41, 5.74) is 1.41. The van der Waals surface area contributed by atoms with E-state index in [4.69, 9.17) is 4.74 Å². The van der Waals surface area contributed by atoms with Crippen molar-refractivity contribution < 1.29 is 9.53 Å². The summed E-state index contributed by atoms with van der Waals surface area (Å²) in [6.07, 6.45) is 6.57. The van der Waals surface area contributed by atoms with Gasteiger partial charge in [0.05, 0.1) is 0 Å². The third kappa shape index (κ3) is 4.10. The molecule has 1 atom stereocenters. The number of nitrogens with zero attached hydrogens (tertiary/aromatic N) is 1. The van der Waals surface area contributed by atoms with Gasteiger partial charge in [-0.15, -0.1) is 0 Å². The minimum absolute atomic E-state index is 0.210. The lowest BCUT2D eigenvalue weighted by Crippen LogP contribution is -2.44. The van der Waals surface area contributed by atoms with Crippen molar-refractivity contribution in [1.29, 1.82) is 0 Å². The number of benzene rings is 1. The van der Waals surface area contributed by atoms with Crippen LogP contribution >= 0.6 is 0 Å². The molecule has 3 heteroatoms. The fourth-order valence-corrected chi connectivity index (χ4v) is 3.72. The summed E-state index contributed by atoms with van der Waals surface area (Å²) in [4.78, 5) is 14.8. The molecule has 2 heterocycles. The van der Waals surface area contributed by atoms with Gasteiger partial charge in [0.25, 0.3) is 0 Å². The molecule has 1 unspecified atom stereocenters. The molecule has 0 spiro atoms. The Hall–Kier alpha value is -1.35. The number of hydrogen-bond donors (Lipinski definition) is 0. The zero-order chi connectivity index (χ0) is 15.2. The lowest BCUT2D eigenvalue weighted by molar-refractivity contribution is -0.140. The highest BCUT2D eigenvalue weighted by atomic mass is 16.5. The van der Waals surface area contributed by atoms with Crippen LogP contribution in [0.2, 0.25) is 0 Å². The summed E-state index contributed by atoms with van der Waals surface area (Å²) >= 11 is 0. The van der Waals surface area contributed by atoms with E-state index >= 15 is 0 Å². The largest absolute Gasteiger partial charge is 0.381 e. The van der Waals surface area contributed by atoms with Crippen molar-refractivity contribution in [3.63, 3.8) is 0 Å². The standard InChI is InChI=1S/C19H27NO2/c21-19(18-10-13-22-14-11-18)20-12-4-7-17(15-20)9-8-16-5-2-1-3-6-16/h1-3,5-6,17-18H,4,7-15H2. The monoisotopic (exact) mass is 301 g/mol. The Morgan fingerprint density at radius 1 is 1.14 bits per heavy atom. The third-order valence-electron chi connectivity index (χ3n) is 5.09. The summed E-state index contributed by atoms with van der Waals surface area (Å²) in [5.74, 6) is 1.26. The number of ether oxygens (including phenoxy) is 1. The SMILES string of the molecule is O=C(C1CCOCC1)N1CCCC(CCc2ccccc2)C1. The molecule has 0 aromatic heterocycles. The lowest BCUT2D eigenvalue weighted by Gasteiger charge is -2.36. The minimum Gasteiger partial charge on any atom is -0.381 e. The maximum Gasteiger partial charge on any atom is 0.225 e. The smallest absolute Gasteiger partial charge is 0.225 e. The summed E-state index contributed by atoms with van der Waals surface area (Å²) < 4.78 is 5.38. The lowest BCUT2D eigenvalue weighted by atomic mass is 9.90. The third-order valence-corrected chi connectivity index (χ3v) is 5.09. The normalized spacial score (nSPS) is 23.5. The Labute approximate surface area is 133 Å². The highest BCUT2D eigenvalue weighted by molar-refractivity contribution is 5.79. The van der Waals surface area contributed by atoms with Crippen LogP contribution in [0.15, 0.2) is 30.3 Å². The zero-order valence-electron chi connectivity index (χ0n) is 13.4. The second-order valence-corrected chi connectivity index (χ2v) is 6.70. The highest BCUT2D eigenvalue weighted by Crippen LogP contribution is 2.25. The number of aryl methyl sites for hydroxylation is 1. The van der Waals surface area contributed by atoms with Crippen molar-refractivity contribution in [2.24, 2.45) is 11.8 Å². The predicted octanol–water partition coefficient (Wildman–Crippen LogP) is 3.28. The molecule has 1 aromatic rings. The maximum absolute atomic E-state index is 12.6.